The molecule has 0 aromatic heterocycles. The largest absolute Gasteiger partial charge is 0.507 e. The first kappa shape index (κ1) is 14.9. The summed E-state index contributed by atoms with van der Waals surface area (Å²) in [6, 6.07) is 6.95. The summed E-state index contributed by atoms with van der Waals surface area (Å²) in [5, 5.41) is 9.87. The summed E-state index contributed by atoms with van der Waals surface area (Å²) in [6.07, 6.45) is 4.44. The number of hydrogen-bond donors (Lipinski definition) is 2. The molecule has 2 atom stereocenters. The van der Waals surface area contributed by atoms with E-state index in [9.17, 15) is 9.90 Å². The molecule has 1 amide bonds. The molecule has 3 N–H and O–H groups in total. The van der Waals surface area contributed by atoms with Crippen LogP contribution < -0.4 is 5.73 Å². The van der Waals surface area contributed by atoms with Gasteiger partial charge in [0, 0.05) is 12.6 Å². The fourth-order valence-corrected chi connectivity index (χ4v) is 3.21. The van der Waals surface area contributed by atoms with Crippen LogP contribution in [0.5, 0.6) is 5.75 Å². The van der Waals surface area contributed by atoms with Gasteiger partial charge < -0.3 is 15.7 Å². The maximum Gasteiger partial charge on any atom is 0.257 e. The lowest BCUT2D eigenvalue weighted by Gasteiger charge is -2.39. The predicted molar refractivity (Wildman–Crippen MR) is 79.6 cm³/mol. The van der Waals surface area contributed by atoms with E-state index in [0.717, 1.165) is 19.3 Å². The molecule has 4 heteroatoms. The van der Waals surface area contributed by atoms with Gasteiger partial charge in [0.15, 0.2) is 0 Å². The van der Waals surface area contributed by atoms with Crippen molar-refractivity contribution in [3.05, 3.63) is 29.8 Å². The van der Waals surface area contributed by atoms with E-state index in [4.69, 9.17) is 5.73 Å². The highest BCUT2D eigenvalue weighted by molar-refractivity contribution is 5.97. The van der Waals surface area contributed by atoms with Crippen LogP contribution in [-0.4, -0.2) is 35.0 Å². The molecule has 0 saturated heterocycles. The topological polar surface area (TPSA) is 66.6 Å². The summed E-state index contributed by atoms with van der Waals surface area (Å²) < 4.78 is 0. The van der Waals surface area contributed by atoms with Crippen molar-refractivity contribution in [2.45, 2.75) is 38.6 Å². The van der Waals surface area contributed by atoms with E-state index >= 15 is 0 Å². The summed E-state index contributed by atoms with van der Waals surface area (Å²) in [5.41, 5.74) is 6.25. The first-order valence-electron chi connectivity index (χ1n) is 7.48. The van der Waals surface area contributed by atoms with E-state index in [1.165, 1.54) is 6.42 Å². The van der Waals surface area contributed by atoms with Crippen molar-refractivity contribution in [2.75, 3.05) is 13.1 Å². The van der Waals surface area contributed by atoms with Crippen molar-refractivity contribution in [1.82, 2.24) is 4.90 Å². The van der Waals surface area contributed by atoms with Crippen molar-refractivity contribution in [2.24, 2.45) is 11.7 Å². The van der Waals surface area contributed by atoms with Crippen molar-refractivity contribution >= 4 is 5.91 Å². The normalized spacial score (nSPS) is 22.5. The van der Waals surface area contributed by atoms with E-state index in [1.54, 1.807) is 24.3 Å². The number of carbonyl (C=O) groups is 1. The zero-order valence-electron chi connectivity index (χ0n) is 12.1. The van der Waals surface area contributed by atoms with E-state index in [1.807, 2.05) is 11.8 Å². The molecule has 0 aliphatic heterocycles. The predicted octanol–water partition coefficient (Wildman–Crippen LogP) is 2.37. The quantitative estimate of drug-likeness (QED) is 0.887. The lowest BCUT2D eigenvalue weighted by Crippen LogP contribution is -2.48. The first-order chi connectivity index (χ1) is 9.69. The number of carbonyl (C=O) groups excluding carboxylic acids is 1. The van der Waals surface area contributed by atoms with Crippen LogP contribution in [0.4, 0.5) is 0 Å². The van der Waals surface area contributed by atoms with Crippen LogP contribution in [0, 0.1) is 5.92 Å². The minimum Gasteiger partial charge on any atom is -0.507 e. The van der Waals surface area contributed by atoms with Crippen LogP contribution in [0.3, 0.4) is 0 Å². The van der Waals surface area contributed by atoms with Crippen LogP contribution in [0.2, 0.25) is 0 Å². The lowest BCUT2D eigenvalue weighted by molar-refractivity contribution is 0.0557. The second-order valence-electron chi connectivity index (χ2n) is 5.46. The first-order valence-corrected chi connectivity index (χ1v) is 7.48. The monoisotopic (exact) mass is 276 g/mol. The molecule has 4 nitrogen and oxygen atoms in total. The molecule has 20 heavy (non-hydrogen) atoms. The summed E-state index contributed by atoms with van der Waals surface area (Å²) in [7, 11) is 0. The fraction of sp³-hybridized carbons (Fsp3) is 0.562. The zero-order valence-corrected chi connectivity index (χ0v) is 12.1. The van der Waals surface area contributed by atoms with Gasteiger partial charge in [0.1, 0.15) is 5.75 Å². The molecule has 1 saturated carbocycles. The minimum absolute atomic E-state index is 0.0519. The summed E-state index contributed by atoms with van der Waals surface area (Å²) in [4.78, 5) is 14.6. The third-order valence-corrected chi connectivity index (χ3v) is 4.31. The van der Waals surface area contributed by atoms with Crippen molar-refractivity contribution in [1.29, 1.82) is 0 Å². The molecule has 2 rings (SSSR count). The Bertz CT molecular complexity index is 462. The number of phenolic OH excluding ortho intramolecular Hbond substituents is 1. The Kier molecular flexibility index (Phi) is 5.01. The Labute approximate surface area is 120 Å². The highest BCUT2D eigenvalue weighted by atomic mass is 16.3. The van der Waals surface area contributed by atoms with Gasteiger partial charge in [-0.05, 0) is 44.4 Å². The number of aromatic hydroxyl groups is 1. The van der Waals surface area contributed by atoms with Crippen molar-refractivity contribution in [3.63, 3.8) is 0 Å². The molecule has 0 radical (unpaired) electrons. The van der Waals surface area contributed by atoms with Crippen molar-refractivity contribution < 1.29 is 9.90 Å². The van der Waals surface area contributed by atoms with Crippen LogP contribution >= 0.6 is 0 Å². The Morgan fingerprint density at radius 3 is 2.70 bits per heavy atom. The second-order valence-corrected chi connectivity index (χ2v) is 5.46. The highest BCUT2D eigenvalue weighted by Crippen LogP contribution is 2.30. The average Bonchev–Trinajstić information content (AvgIpc) is 2.49. The number of phenols is 1. The number of hydrogen-bond acceptors (Lipinski definition) is 3. The Hall–Kier alpha value is -1.55. The molecule has 1 aliphatic rings. The summed E-state index contributed by atoms with van der Waals surface area (Å²) in [6.45, 7) is 3.25. The highest BCUT2D eigenvalue weighted by Gasteiger charge is 2.32. The molecule has 1 aliphatic carbocycles. The number of rotatable bonds is 4. The lowest BCUT2D eigenvalue weighted by atomic mass is 9.83. The standard InChI is InChI=1S/C16H24N2O2/c1-2-18(14-9-5-3-7-12(14)11-17)16(20)13-8-4-6-10-15(13)19/h4,6,8,10,12,14,19H,2-3,5,7,9,11,17H2,1H3. The number of nitrogens with two attached hydrogens (primary N) is 1. The van der Waals surface area contributed by atoms with Gasteiger partial charge in [0.25, 0.3) is 5.91 Å². The molecule has 0 spiro atoms. The Morgan fingerprint density at radius 1 is 1.35 bits per heavy atom. The minimum atomic E-state index is -0.0871. The van der Waals surface area contributed by atoms with E-state index in [2.05, 4.69) is 0 Å². The van der Waals surface area contributed by atoms with E-state index in [0.29, 0.717) is 24.6 Å². The summed E-state index contributed by atoms with van der Waals surface area (Å²) >= 11 is 0. The van der Waals surface area contributed by atoms with Crippen LogP contribution in [0.1, 0.15) is 43.0 Å². The Morgan fingerprint density at radius 2 is 2.05 bits per heavy atom. The molecule has 2 unspecified atom stereocenters. The fourth-order valence-electron chi connectivity index (χ4n) is 3.21. The SMILES string of the molecule is CCN(C(=O)c1ccccc1O)C1CCCCC1CN. The third-order valence-electron chi connectivity index (χ3n) is 4.31. The van der Waals surface area contributed by atoms with Crippen LogP contribution in [0.25, 0.3) is 0 Å². The molecule has 1 aromatic carbocycles. The molecule has 1 fully saturated rings. The molecule has 0 bridgehead atoms. The van der Waals surface area contributed by atoms with Crippen molar-refractivity contribution in [3.8, 4) is 5.75 Å². The molecule has 0 heterocycles. The van der Waals surface area contributed by atoms with Gasteiger partial charge >= 0.3 is 0 Å². The van der Waals surface area contributed by atoms with Crippen LogP contribution in [-0.2, 0) is 0 Å². The molecule has 1 aromatic rings. The van der Waals surface area contributed by atoms with Gasteiger partial charge in [-0.25, -0.2) is 0 Å². The van der Waals surface area contributed by atoms with Gasteiger partial charge in [-0.15, -0.1) is 0 Å². The maximum absolute atomic E-state index is 12.7. The van der Waals surface area contributed by atoms with E-state index < -0.39 is 0 Å². The second kappa shape index (κ2) is 6.75. The summed E-state index contributed by atoms with van der Waals surface area (Å²) in [5.74, 6) is 0.338. The van der Waals surface area contributed by atoms with E-state index in [-0.39, 0.29) is 17.7 Å². The Balaban J connectivity index is 2.23. The van der Waals surface area contributed by atoms with Crippen LogP contribution in [0.15, 0.2) is 24.3 Å². The van der Waals surface area contributed by atoms with Gasteiger partial charge in [0.2, 0.25) is 0 Å². The van der Waals surface area contributed by atoms with Gasteiger partial charge in [-0.2, -0.15) is 0 Å². The third kappa shape index (κ3) is 2.96. The van der Waals surface area contributed by atoms with Gasteiger partial charge in [0.05, 0.1) is 5.56 Å². The number of nitrogens with zero attached hydrogens (tertiary/aromatic N) is 1. The zero-order chi connectivity index (χ0) is 14.5. The van der Waals surface area contributed by atoms with Gasteiger partial charge in [-0.1, -0.05) is 25.0 Å². The smallest absolute Gasteiger partial charge is 0.257 e. The number of benzene rings is 1. The number of para-hydroxylation sites is 1. The van der Waals surface area contributed by atoms with Gasteiger partial charge in [-0.3, -0.25) is 4.79 Å². The molecular weight excluding hydrogens is 252 g/mol. The molecular formula is C16H24N2O2. The average molecular weight is 276 g/mol. The molecule has 110 valence electrons. The maximum atomic E-state index is 12.7. The number of amides is 1.